The van der Waals surface area contributed by atoms with Gasteiger partial charge in [0.2, 0.25) is 17.7 Å². The van der Waals surface area contributed by atoms with Crippen molar-refractivity contribution < 1.29 is 18.8 Å². The maximum absolute atomic E-state index is 13.3. The molecule has 1 aromatic heterocycles. The van der Waals surface area contributed by atoms with Gasteiger partial charge in [0, 0.05) is 19.9 Å². The molecule has 166 valence electrons. The molecule has 8 nitrogen and oxygen atoms in total. The number of aromatic nitrogens is 2. The molecule has 1 atom stereocenters. The Labute approximate surface area is 182 Å². The normalized spacial score (nSPS) is 21.1. The number of hydrogen-bond acceptors (Lipinski definition) is 6. The fraction of sp³-hybridized carbons (Fsp3) is 0.565. The standard InChI is InChI=1S/C23H30N4O4/c1-15-8-9-19(30-3)18(12-15)27-14-17(13-20(27)28)21(29)25-23(10-6-4-5-7-11-23)22-24-16(2)31-26-22/h8-9,12,17H,4-7,10-11,13-14H2,1-3H3,(H,25,29)/t17-/m1/s1. The van der Waals surface area contributed by atoms with Crippen LogP contribution in [0.1, 0.15) is 62.2 Å². The molecule has 4 rings (SSSR count). The summed E-state index contributed by atoms with van der Waals surface area (Å²) in [6.07, 6.45) is 5.94. The van der Waals surface area contributed by atoms with Crippen molar-refractivity contribution in [1.82, 2.24) is 15.5 Å². The number of anilines is 1. The van der Waals surface area contributed by atoms with Gasteiger partial charge in [-0.25, -0.2) is 0 Å². The van der Waals surface area contributed by atoms with Crippen LogP contribution in [0.4, 0.5) is 5.69 Å². The van der Waals surface area contributed by atoms with E-state index in [1.807, 2.05) is 25.1 Å². The smallest absolute Gasteiger partial charge is 0.227 e. The Morgan fingerprint density at radius 1 is 1.23 bits per heavy atom. The lowest BCUT2D eigenvalue weighted by Crippen LogP contribution is -2.49. The Balaban J connectivity index is 1.55. The van der Waals surface area contributed by atoms with Crippen molar-refractivity contribution in [1.29, 1.82) is 0 Å². The monoisotopic (exact) mass is 426 g/mol. The first-order valence-electron chi connectivity index (χ1n) is 11.0. The van der Waals surface area contributed by atoms with E-state index < -0.39 is 11.5 Å². The van der Waals surface area contributed by atoms with Crippen molar-refractivity contribution in [2.24, 2.45) is 5.92 Å². The number of carbonyl (C=O) groups excluding carboxylic acids is 2. The van der Waals surface area contributed by atoms with Crippen molar-refractivity contribution in [3.63, 3.8) is 0 Å². The minimum atomic E-state index is -0.636. The summed E-state index contributed by atoms with van der Waals surface area (Å²) < 4.78 is 10.7. The summed E-state index contributed by atoms with van der Waals surface area (Å²) in [4.78, 5) is 32.3. The summed E-state index contributed by atoms with van der Waals surface area (Å²) in [7, 11) is 1.58. The fourth-order valence-electron chi connectivity index (χ4n) is 4.70. The van der Waals surface area contributed by atoms with Crippen LogP contribution >= 0.6 is 0 Å². The number of nitrogens with one attached hydrogen (secondary N) is 1. The molecule has 2 fully saturated rings. The van der Waals surface area contributed by atoms with E-state index in [1.165, 1.54) is 0 Å². The van der Waals surface area contributed by atoms with Gasteiger partial charge in [-0.3, -0.25) is 9.59 Å². The van der Waals surface area contributed by atoms with Crippen molar-refractivity contribution in [2.45, 2.75) is 64.3 Å². The van der Waals surface area contributed by atoms with E-state index in [0.29, 0.717) is 29.7 Å². The first-order chi connectivity index (χ1) is 14.9. The summed E-state index contributed by atoms with van der Waals surface area (Å²) in [5.41, 5.74) is 1.10. The summed E-state index contributed by atoms with van der Waals surface area (Å²) in [6, 6.07) is 5.71. The number of ether oxygens (including phenoxy) is 1. The Bertz CT molecular complexity index is 962. The third-order valence-corrected chi connectivity index (χ3v) is 6.40. The number of carbonyl (C=O) groups is 2. The third kappa shape index (κ3) is 4.29. The molecule has 31 heavy (non-hydrogen) atoms. The highest BCUT2D eigenvalue weighted by molar-refractivity contribution is 6.01. The van der Waals surface area contributed by atoms with Gasteiger partial charge in [0.05, 0.1) is 18.7 Å². The number of nitrogens with zero attached hydrogens (tertiary/aromatic N) is 3. The SMILES string of the molecule is COc1ccc(C)cc1N1C[C@H](C(=O)NC2(c3noc(C)n3)CCCCCC2)CC1=O. The zero-order chi connectivity index (χ0) is 22.0. The van der Waals surface area contributed by atoms with E-state index in [0.717, 1.165) is 44.1 Å². The van der Waals surface area contributed by atoms with Crippen molar-refractivity contribution in [3.05, 3.63) is 35.5 Å². The number of rotatable bonds is 5. The first-order valence-corrected chi connectivity index (χ1v) is 11.0. The van der Waals surface area contributed by atoms with Crippen LogP contribution in [-0.2, 0) is 15.1 Å². The van der Waals surface area contributed by atoms with Gasteiger partial charge in [-0.1, -0.05) is 36.9 Å². The predicted octanol–water partition coefficient (Wildman–Crippen LogP) is 3.41. The second-order valence-electron chi connectivity index (χ2n) is 8.70. The van der Waals surface area contributed by atoms with Gasteiger partial charge >= 0.3 is 0 Å². The number of methoxy groups -OCH3 is 1. The number of aryl methyl sites for hydroxylation is 2. The highest BCUT2D eigenvalue weighted by Gasteiger charge is 2.43. The van der Waals surface area contributed by atoms with E-state index in [9.17, 15) is 9.59 Å². The second-order valence-corrected chi connectivity index (χ2v) is 8.70. The van der Waals surface area contributed by atoms with Gasteiger partial charge in [0.15, 0.2) is 5.82 Å². The molecular weight excluding hydrogens is 396 g/mol. The van der Waals surface area contributed by atoms with Crippen LogP contribution in [0.15, 0.2) is 22.7 Å². The van der Waals surface area contributed by atoms with Gasteiger partial charge < -0.3 is 19.5 Å². The van der Waals surface area contributed by atoms with Crippen LogP contribution in [0.3, 0.4) is 0 Å². The van der Waals surface area contributed by atoms with Gasteiger partial charge in [-0.05, 0) is 37.5 Å². The maximum Gasteiger partial charge on any atom is 0.227 e. The summed E-state index contributed by atoms with van der Waals surface area (Å²) in [5.74, 6) is 1.01. The highest BCUT2D eigenvalue weighted by Crippen LogP contribution is 2.37. The molecule has 1 saturated carbocycles. The number of hydrogen-bond donors (Lipinski definition) is 1. The summed E-state index contributed by atoms with van der Waals surface area (Å²) in [6.45, 7) is 4.05. The highest BCUT2D eigenvalue weighted by atomic mass is 16.5. The van der Waals surface area contributed by atoms with Crippen LogP contribution < -0.4 is 15.0 Å². The van der Waals surface area contributed by atoms with Crippen LogP contribution in [0.5, 0.6) is 5.75 Å². The van der Waals surface area contributed by atoms with Gasteiger partial charge in [-0.15, -0.1) is 0 Å². The third-order valence-electron chi connectivity index (χ3n) is 6.40. The van der Waals surface area contributed by atoms with E-state index in [2.05, 4.69) is 15.5 Å². The fourth-order valence-corrected chi connectivity index (χ4v) is 4.70. The van der Waals surface area contributed by atoms with E-state index >= 15 is 0 Å². The second kappa shape index (κ2) is 8.69. The zero-order valence-electron chi connectivity index (χ0n) is 18.4. The van der Waals surface area contributed by atoms with Crippen LogP contribution in [0.2, 0.25) is 0 Å². The lowest BCUT2D eigenvalue weighted by atomic mass is 9.88. The molecule has 2 aliphatic rings. The van der Waals surface area contributed by atoms with Gasteiger partial charge in [0.25, 0.3) is 0 Å². The van der Waals surface area contributed by atoms with E-state index in [1.54, 1.807) is 18.9 Å². The number of benzene rings is 1. The molecule has 1 aromatic carbocycles. The molecule has 1 N–H and O–H groups in total. The van der Waals surface area contributed by atoms with Crippen LogP contribution in [-0.4, -0.2) is 35.6 Å². The number of amides is 2. The predicted molar refractivity (Wildman–Crippen MR) is 115 cm³/mol. The molecule has 1 saturated heterocycles. The Morgan fingerprint density at radius 2 is 1.97 bits per heavy atom. The average Bonchev–Trinajstić information content (AvgIpc) is 3.28. The lowest BCUT2D eigenvalue weighted by molar-refractivity contribution is -0.128. The van der Waals surface area contributed by atoms with E-state index in [4.69, 9.17) is 9.26 Å². The van der Waals surface area contributed by atoms with Crippen LogP contribution in [0.25, 0.3) is 0 Å². The Kier molecular flexibility index (Phi) is 5.98. The van der Waals surface area contributed by atoms with E-state index in [-0.39, 0.29) is 18.2 Å². The average molecular weight is 427 g/mol. The quantitative estimate of drug-likeness (QED) is 0.736. The first kappa shape index (κ1) is 21.3. The molecule has 2 heterocycles. The zero-order valence-corrected chi connectivity index (χ0v) is 18.4. The minimum Gasteiger partial charge on any atom is -0.495 e. The molecule has 2 amide bonds. The molecule has 0 spiro atoms. The Morgan fingerprint density at radius 3 is 2.61 bits per heavy atom. The van der Waals surface area contributed by atoms with Crippen molar-refractivity contribution >= 4 is 17.5 Å². The molecule has 0 unspecified atom stereocenters. The van der Waals surface area contributed by atoms with Gasteiger partial charge in [0.1, 0.15) is 11.3 Å². The molecule has 0 bridgehead atoms. The minimum absolute atomic E-state index is 0.0747. The Hall–Kier alpha value is -2.90. The topological polar surface area (TPSA) is 97.6 Å². The summed E-state index contributed by atoms with van der Waals surface area (Å²) >= 11 is 0. The molecule has 1 aliphatic carbocycles. The maximum atomic E-state index is 13.3. The molecule has 8 heteroatoms. The molecule has 2 aromatic rings. The largest absolute Gasteiger partial charge is 0.495 e. The molecule has 0 radical (unpaired) electrons. The lowest BCUT2D eigenvalue weighted by Gasteiger charge is -2.32. The van der Waals surface area contributed by atoms with Crippen molar-refractivity contribution in [2.75, 3.05) is 18.6 Å². The molecule has 1 aliphatic heterocycles. The summed E-state index contributed by atoms with van der Waals surface area (Å²) in [5, 5.41) is 7.39. The van der Waals surface area contributed by atoms with Crippen molar-refractivity contribution in [3.8, 4) is 5.75 Å². The molecular formula is C23H30N4O4. The van der Waals surface area contributed by atoms with Gasteiger partial charge in [-0.2, -0.15) is 4.98 Å². The van der Waals surface area contributed by atoms with Crippen LogP contribution in [0, 0.1) is 19.8 Å².